The molecule has 4 nitrogen and oxygen atoms in total. The molecule has 0 spiro atoms. The predicted molar refractivity (Wildman–Crippen MR) is 84.2 cm³/mol. The molecule has 0 aromatic heterocycles. The first-order chi connectivity index (χ1) is 10.0. The number of allylic oxidation sites excluding steroid dienone is 4. The molecular weight excluding hydrogens is 268 g/mol. The van der Waals surface area contributed by atoms with Gasteiger partial charge in [0.15, 0.2) is 0 Å². The van der Waals surface area contributed by atoms with Crippen LogP contribution in [0.5, 0.6) is 0 Å². The van der Waals surface area contributed by atoms with Crippen molar-refractivity contribution in [1.82, 2.24) is 0 Å². The van der Waals surface area contributed by atoms with Crippen LogP contribution in [0, 0.1) is 5.92 Å². The number of unbranched alkanes of at least 4 members (excludes halogenated alkanes) is 3. The van der Waals surface area contributed by atoms with Crippen molar-refractivity contribution in [3.8, 4) is 0 Å². The summed E-state index contributed by atoms with van der Waals surface area (Å²) in [6, 6.07) is 0. The molecule has 0 heterocycles. The monoisotopic (exact) mass is 294 g/mol. The fraction of sp³-hybridized carbons (Fsp3) is 0.529. The summed E-state index contributed by atoms with van der Waals surface area (Å²) in [6.45, 7) is 3.68. The highest BCUT2D eigenvalue weighted by Gasteiger charge is 2.13. The number of carboxylic acid groups (broad SMARTS) is 2. The topological polar surface area (TPSA) is 74.6 Å². The zero-order valence-electron chi connectivity index (χ0n) is 12.9. The lowest BCUT2D eigenvalue weighted by molar-refractivity contribution is -0.142. The lowest BCUT2D eigenvalue weighted by atomic mass is 9.98. The molecule has 0 aromatic carbocycles. The van der Waals surface area contributed by atoms with E-state index < -0.39 is 11.9 Å². The van der Waals surface area contributed by atoms with Crippen LogP contribution in [0.1, 0.15) is 52.4 Å². The van der Waals surface area contributed by atoms with Crippen LogP contribution in [0.2, 0.25) is 0 Å². The Morgan fingerprint density at radius 3 is 2.38 bits per heavy atom. The third kappa shape index (κ3) is 9.66. The number of hydrogen-bond donors (Lipinski definition) is 2. The molecule has 0 aromatic rings. The van der Waals surface area contributed by atoms with Crippen molar-refractivity contribution in [2.24, 2.45) is 5.92 Å². The first-order valence-corrected chi connectivity index (χ1v) is 7.48. The molecule has 0 fully saturated rings. The van der Waals surface area contributed by atoms with Crippen molar-refractivity contribution in [1.29, 1.82) is 0 Å². The standard InChI is InChI=1S/C17H26O4/c1-3-11-15(17(20)21)13-10-8-6-5-7-9-12-14(4-2)16(18)19/h3,8,10-11,13-14H,4-7,9,12H2,1-2H3,(H,18,19)(H,20,21). The summed E-state index contributed by atoms with van der Waals surface area (Å²) in [5, 5.41) is 17.8. The maximum absolute atomic E-state index is 10.8. The fourth-order valence-corrected chi connectivity index (χ4v) is 1.98. The van der Waals surface area contributed by atoms with Crippen LogP contribution in [-0.2, 0) is 9.59 Å². The molecule has 0 radical (unpaired) electrons. The largest absolute Gasteiger partial charge is 0.481 e. The van der Waals surface area contributed by atoms with Gasteiger partial charge >= 0.3 is 11.9 Å². The fourth-order valence-electron chi connectivity index (χ4n) is 1.98. The number of carboxylic acids is 2. The second-order valence-corrected chi connectivity index (χ2v) is 4.94. The van der Waals surface area contributed by atoms with E-state index in [9.17, 15) is 9.59 Å². The summed E-state index contributed by atoms with van der Waals surface area (Å²) >= 11 is 0. The molecule has 2 N–H and O–H groups in total. The normalized spacial score (nSPS) is 13.9. The van der Waals surface area contributed by atoms with E-state index in [0.29, 0.717) is 6.42 Å². The predicted octanol–water partition coefficient (Wildman–Crippen LogP) is 4.19. The Kier molecular flexibility index (Phi) is 10.9. The Hall–Kier alpha value is -1.84. The van der Waals surface area contributed by atoms with Gasteiger partial charge < -0.3 is 10.2 Å². The van der Waals surface area contributed by atoms with Crippen molar-refractivity contribution < 1.29 is 19.8 Å². The van der Waals surface area contributed by atoms with Crippen LogP contribution in [-0.4, -0.2) is 22.2 Å². The lowest BCUT2D eigenvalue weighted by Gasteiger charge is -2.08. The molecule has 4 heteroatoms. The van der Waals surface area contributed by atoms with E-state index in [-0.39, 0.29) is 11.5 Å². The van der Waals surface area contributed by atoms with E-state index in [0.717, 1.165) is 32.1 Å². The summed E-state index contributed by atoms with van der Waals surface area (Å²) < 4.78 is 0. The van der Waals surface area contributed by atoms with E-state index in [1.165, 1.54) is 0 Å². The van der Waals surface area contributed by atoms with Gasteiger partial charge in [0.25, 0.3) is 0 Å². The van der Waals surface area contributed by atoms with Crippen molar-refractivity contribution in [2.75, 3.05) is 0 Å². The third-order valence-corrected chi connectivity index (χ3v) is 3.27. The van der Waals surface area contributed by atoms with Gasteiger partial charge in [-0.1, -0.05) is 44.1 Å². The quantitative estimate of drug-likeness (QED) is 0.340. The van der Waals surface area contributed by atoms with Gasteiger partial charge in [-0.25, -0.2) is 4.79 Å². The minimum atomic E-state index is -0.933. The van der Waals surface area contributed by atoms with Gasteiger partial charge in [-0.2, -0.15) is 0 Å². The summed E-state index contributed by atoms with van der Waals surface area (Å²) in [5.74, 6) is -1.85. The smallest absolute Gasteiger partial charge is 0.335 e. The molecule has 1 atom stereocenters. The molecule has 0 rings (SSSR count). The van der Waals surface area contributed by atoms with Crippen LogP contribution in [0.3, 0.4) is 0 Å². The van der Waals surface area contributed by atoms with Gasteiger partial charge in [0, 0.05) is 0 Å². The number of aliphatic carboxylic acids is 2. The first-order valence-electron chi connectivity index (χ1n) is 7.48. The number of carbonyl (C=O) groups is 2. The molecule has 118 valence electrons. The van der Waals surface area contributed by atoms with Crippen LogP contribution in [0.15, 0.2) is 36.0 Å². The molecule has 0 amide bonds. The van der Waals surface area contributed by atoms with Gasteiger partial charge in [0.2, 0.25) is 0 Å². The number of rotatable bonds is 11. The Bertz CT molecular complexity index is 405. The van der Waals surface area contributed by atoms with Crippen molar-refractivity contribution in [3.63, 3.8) is 0 Å². The molecule has 21 heavy (non-hydrogen) atoms. The van der Waals surface area contributed by atoms with Crippen LogP contribution in [0.25, 0.3) is 0 Å². The second kappa shape index (κ2) is 11.9. The van der Waals surface area contributed by atoms with Gasteiger partial charge in [0.1, 0.15) is 0 Å². The maximum atomic E-state index is 10.8. The van der Waals surface area contributed by atoms with Gasteiger partial charge in [-0.3, -0.25) is 4.79 Å². The summed E-state index contributed by atoms with van der Waals surface area (Å²) in [6.07, 6.45) is 13.8. The molecular formula is C17H26O4. The average molecular weight is 294 g/mol. The molecule has 0 aliphatic heterocycles. The molecule has 0 saturated carbocycles. The van der Waals surface area contributed by atoms with E-state index in [1.54, 1.807) is 31.2 Å². The summed E-state index contributed by atoms with van der Waals surface area (Å²) in [4.78, 5) is 21.7. The number of hydrogen-bond acceptors (Lipinski definition) is 2. The third-order valence-electron chi connectivity index (χ3n) is 3.27. The molecule has 0 aliphatic carbocycles. The van der Waals surface area contributed by atoms with E-state index in [1.807, 2.05) is 13.0 Å². The Morgan fingerprint density at radius 2 is 1.86 bits per heavy atom. The molecule has 0 bridgehead atoms. The van der Waals surface area contributed by atoms with Crippen molar-refractivity contribution in [3.05, 3.63) is 36.0 Å². The summed E-state index contributed by atoms with van der Waals surface area (Å²) in [7, 11) is 0. The summed E-state index contributed by atoms with van der Waals surface area (Å²) in [5.41, 5.74) is 0.265. The van der Waals surface area contributed by atoms with E-state index in [2.05, 4.69) is 0 Å². The second-order valence-electron chi connectivity index (χ2n) is 4.94. The maximum Gasteiger partial charge on any atom is 0.335 e. The zero-order valence-corrected chi connectivity index (χ0v) is 12.9. The SMILES string of the molecule is CC=CC(=CC=CCCCCCC(CC)C(=O)O)C(=O)O. The zero-order chi connectivity index (χ0) is 16.1. The van der Waals surface area contributed by atoms with Crippen LogP contribution in [0.4, 0.5) is 0 Å². The highest BCUT2D eigenvalue weighted by atomic mass is 16.4. The van der Waals surface area contributed by atoms with Crippen LogP contribution < -0.4 is 0 Å². The minimum Gasteiger partial charge on any atom is -0.481 e. The van der Waals surface area contributed by atoms with Gasteiger partial charge in [-0.05, 0) is 38.7 Å². The first kappa shape index (κ1) is 19.2. The average Bonchev–Trinajstić information content (AvgIpc) is 2.43. The molecule has 1 unspecified atom stereocenters. The highest BCUT2D eigenvalue weighted by molar-refractivity contribution is 5.90. The van der Waals surface area contributed by atoms with E-state index >= 15 is 0 Å². The highest BCUT2D eigenvalue weighted by Crippen LogP contribution is 2.14. The van der Waals surface area contributed by atoms with E-state index in [4.69, 9.17) is 10.2 Å². The Balaban J connectivity index is 3.90. The van der Waals surface area contributed by atoms with Gasteiger partial charge in [0.05, 0.1) is 11.5 Å². The molecule has 0 saturated heterocycles. The minimum absolute atomic E-state index is 0.220. The van der Waals surface area contributed by atoms with Crippen molar-refractivity contribution >= 4 is 11.9 Å². The van der Waals surface area contributed by atoms with Gasteiger partial charge in [-0.15, -0.1) is 0 Å². The molecule has 0 aliphatic rings. The Labute approximate surface area is 126 Å². The lowest BCUT2D eigenvalue weighted by Crippen LogP contribution is -2.12. The Morgan fingerprint density at radius 1 is 1.14 bits per heavy atom. The van der Waals surface area contributed by atoms with Crippen molar-refractivity contribution in [2.45, 2.75) is 52.4 Å². The van der Waals surface area contributed by atoms with Crippen LogP contribution >= 0.6 is 0 Å².